The van der Waals surface area contributed by atoms with E-state index < -0.39 is 11.2 Å². The average molecular weight is 442 g/mol. The fourth-order valence-electron chi connectivity index (χ4n) is 3.48. The monoisotopic (exact) mass is 443 g/mol. The summed E-state index contributed by atoms with van der Waals surface area (Å²) < 4.78 is 7.07. The third kappa shape index (κ3) is 4.79. The van der Waals surface area contributed by atoms with Crippen LogP contribution in [0.5, 0.6) is 5.75 Å². The van der Waals surface area contributed by atoms with Crippen LogP contribution in [-0.2, 0) is 7.05 Å². The van der Waals surface area contributed by atoms with Crippen LogP contribution in [0.4, 0.5) is 5.82 Å². The number of rotatable bonds is 5. The Bertz CT molecular complexity index is 1450. The molecule has 0 fully saturated rings. The molecule has 4 rings (SSSR count). The molecule has 4 aromatic rings. The molecular weight excluding hydrogens is 430 g/mol. The van der Waals surface area contributed by atoms with Crippen LogP contribution >= 0.6 is 0 Å². The van der Waals surface area contributed by atoms with Crippen LogP contribution in [-0.4, -0.2) is 85.6 Å². The molecule has 154 valence electrons. The number of amides is 1. The fourth-order valence-corrected chi connectivity index (χ4v) is 3.48. The number of benzene rings is 1. The molecule has 1 aromatic carbocycles. The van der Waals surface area contributed by atoms with Crippen molar-refractivity contribution in [1.29, 1.82) is 0 Å². The third-order valence-electron chi connectivity index (χ3n) is 5.41. The molecule has 0 saturated heterocycles. The van der Waals surface area contributed by atoms with Gasteiger partial charge >= 0.3 is 0 Å². The highest BCUT2D eigenvalue weighted by Gasteiger charge is 2.22. The maximum atomic E-state index is 13.1. The summed E-state index contributed by atoms with van der Waals surface area (Å²) in [6.07, 6.45) is 3.32. The first-order valence-electron chi connectivity index (χ1n) is 10.3. The summed E-state index contributed by atoms with van der Waals surface area (Å²) in [5.41, 5.74) is 1.20. The predicted octanol–water partition coefficient (Wildman–Crippen LogP) is -2.74. The van der Waals surface area contributed by atoms with Crippen LogP contribution in [0.15, 0.2) is 30.6 Å². The number of hydrogen-bond acceptors (Lipinski definition) is 5. The molecule has 0 unspecified atom stereocenters. The topological polar surface area (TPSA) is 81.9 Å². The Morgan fingerprint density at radius 2 is 1.66 bits per heavy atom. The first kappa shape index (κ1) is 24.8. The Balaban J connectivity index is 1.69. The Morgan fingerprint density at radius 3 is 2.23 bits per heavy atom. The number of hydrogen-bond donors (Lipinski definition) is 1. The highest BCUT2D eigenvalue weighted by Crippen LogP contribution is 2.22. The van der Waals surface area contributed by atoms with Gasteiger partial charge in [-0.1, -0.05) is 21.9 Å². The second-order valence-corrected chi connectivity index (χ2v) is 7.98. The summed E-state index contributed by atoms with van der Waals surface area (Å²) >= 11 is 0. The molecule has 7 nitrogen and oxygen atoms in total. The third-order valence-corrected chi connectivity index (χ3v) is 5.41. The number of imidazole rings is 1. The molecule has 0 spiro atoms. The minimum Gasteiger partial charge on any atom is -0.517 e. The standard InChI is InChI=1S/C21H12B7N5O2/c1-8-29-7-12(33(8)2)10-4-3-9-6-30-13(5-11(9)31-10)32-20(34)14-15(22)17(24)19(18(25)16(14)23)35-21(26,27)28/h3-7H,1-2H3,(H,30,32,34). The summed E-state index contributed by atoms with van der Waals surface area (Å²) in [5, 5.41) is 1.31. The average Bonchev–Trinajstić information content (AvgIpc) is 3.12. The number of aromatic nitrogens is 4. The summed E-state index contributed by atoms with van der Waals surface area (Å²) in [7, 11) is 42.3. The van der Waals surface area contributed by atoms with Gasteiger partial charge in [-0.15, -0.1) is 0 Å². The van der Waals surface area contributed by atoms with Crippen LogP contribution in [0.1, 0.15) is 16.2 Å². The number of aryl methyl sites for hydroxylation is 1. The second-order valence-electron chi connectivity index (χ2n) is 7.98. The molecule has 0 aliphatic carbocycles. The van der Waals surface area contributed by atoms with Gasteiger partial charge in [0.05, 0.1) is 23.1 Å². The first-order chi connectivity index (χ1) is 16.4. The lowest BCUT2D eigenvalue weighted by atomic mass is 9.52. The van der Waals surface area contributed by atoms with Gasteiger partial charge in [-0.3, -0.25) is 4.79 Å². The SMILES string of the molecule is [B]c1c([B])c(C(=O)Nc2cc3nc(-c4cnc(C)n4C)ccc3cn2)c([B])c([B])c1OC([B])([B])[B]. The van der Waals surface area contributed by atoms with E-state index in [2.05, 4.69) is 20.3 Å². The van der Waals surface area contributed by atoms with Crippen molar-refractivity contribution in [1.82, 2.24) is 19.5 Å². The van der Waals surface area contributed by atoms with E-state index in [1.54, 1.807) is 18.5 Å². The van der Waals surface area contributed by atoms with E-state index in [4.69, 9.17) is 59.7 Å². The van der Waals surface area contributed by atoms with Crippen molar-refractivity contribution < 1.29 is 9.53 Å². The zero-order valence-electron chi connectivity index (χ0n) is 19.0. The van der Waals surface area contributed by atoms with E-state index in [0.717, 1.165) is 16.9 Å². The summed E-state index contributed by atoms with van der Waals surface area (Å²) in [5.74, 6) is 0.129. The van der Waals surface area contributed by atoms with Gasteiger partial charge in [-0.2, -0.15) is 0 Å². The molecule has 0 aliphatic heterocycles. The molecule has 14 radical (unpaired) electrons. The van der Waals surface area contributed by atoms with E-state index in [1.807, 2.05) is 30.7 Å². The molecular formula is C21H12B7N5O2. The second kappa shape index (κ2) is 9.06. The molecule has 1 N–H and O–H groups in total. The molecule has 0 bridgehead atoms. The first-order valence-corrected chi connectivity index (χ1v) is 10.3. The molecule has 1 amide bonds. The van der Waals surface area contributed by atoms with E-state index in [1.165, 1.54) is 0 Å². The Labute approximate surface area is 212 Å². The number of carbonyl (C=O) groups is 1. The van der Waals surface area contributed by atoms with Crippen molar-refractivity contribution in [3.8, 4) is 17.1 Å². The quantitative estimate of drug-likeness (QED) is 0.340. The Hall–Kier alpha value is -3.29. The predicted molar refractivity (Wildman–Crippen MR) is 143 cm³/mol. The van der Waals surface area contributed by atoms with Crippen LogP contribution in [0.3, 0.4) is 0 Å². The van der Waals surface area contributed by atoms with Crippen molar-refractivity contribution in [3.05, 3.63) is 42.0 Å². The summed E-state index contributed by atoms with van der Waals surface area (Å²) in [6.45, 7) is 1.90. The fraction of sp³-hybridized carbons (Fsp3) is 0.143. The number of carbonyl (C=O) groups excluding carboxylic acids is 1. The van der Waals surface area contributed by atoms with E-state index in [-0.39, 0.29) is 39.0 Å². The number of nitrogens with one attached hydrogen (secondary N) is 1. The highest BCUT2D eigenvalue weighted by atomic mass is 16.5. The van der Waals surface area contributed by atoms with Crippen molar-refractivity contribution >= 4 is 99.4 Å². The zero-order valence-corrected chi connectivity index (χ0v) is 19.0. The van der Waals surface area contributed by atoms with Gasteiger partial charge in [0.15, 0.2) is 0 Å². The van der Waals surface area contributed by atoms with E-state index >= 15 is 0 Å². The zero-order chi connectivity index (χ0) is 25.7. The maximum Gasteiger partial charge on any atom is 0.255 e. The number of ether oxygens (including phenoxy) is 1. The van der Waals surface area contributed by atoms with Gasteiger partial charge in [0.2, 0.25) is 0 Å². The van der Waals surface area contributed by atoms with Gasteiger partial charge in [0, 0.05) is 30.3 Å². The molecule has 0 aliphatic rings. The van der Waals surface area contributed by atoms with Gasteiger partial charge in [-0.05, 0) is 24.4 Å². The van der Waals surface area contributed by atoms with Crippen LogP contribution in [0, 0.1) is 6.92 Å². The Morgan fingerprint density at radius 1 is 1.00 bits per heavy atom. The van der Waals surface area contributed by atoms with E-state index in [9.17, 15) is 4.79 Å². The van der Waals surface area contributed by atoms with Crippen molar-refractivity contribution in [2.45, 2.75) is 12.2 Å². The summed E-state index contributed by atoms with van der Waals surface area (Å²) in [6, 6.07) is 5.36. The molecule has 14 heteroatoms. The molecule has 0 atom stereocenters. The highest BCUT2D eigenvalue weighted by molar-refractivity contribution is 6.62. The number of fused-ring (bicyclic) bond motifs is 1. The van der Waals surface area contributed by atoms with Gasteiger partial charge in [0.25, 0.3) is 5.91 Å². The molecule has 3 aromatic heterocycles. The number of anilines is 1. The summed E-state index contributed by atoms with van der Waals surface area (Å²) in [4.78, 5) is 26.3. The van der Waals surface area contributed by atoms with Crippen LogP contribution < -0.4 is 31.9 Å². The van der Waals surface area contributed by atoms with Gasteiger partial charge in [0.1, 0.15) is 72.3 Å². The van der Waals surface area contributed by atoms with Crippen LogP contribution in [0.25, 0.3) is 22.3 Å². The van der Waals surface area contributed by atoms with Gasteiger partial charge < -0.3 is 14.6 Å². The normalized spacial score (nSPS) is 11.5. The largest absolute Gasteiger partial charge is 0.517 e. The lowest BCUT2D eigenvalue weighted by molar-refractivity contribution is 0.102. The minimum absolute atomic E-state index is 0.169. The van der Waals surface area contributed by atoms with Gasteiger partial charge in [-0.25, -0.2) is 15.0 Å². The maximum absolute atomic E-state index is 13.1. The molecule has 3 heterocycles. The number of pyridine rings is 2. The van der Waals surface area contributed by atoms with Crippen molar-refractivity contribution in [2.75, 3.05) is 5.32 Å². The lowest BCUT2D eigenvalue weighted by Gasteiger charge is -2.29. The lowest BCUT2D eigenvalue weighted by Crippen LogP contribution is -2.51. The van der Waals surface area contributed by atoms with Crippen molar-refractivity contribution in [2.24, 2.45) is 7.05 Å². The van der Waals surface area contributed by atoms with Crippen LogP contribution in [0.2, 0.25) is 0 Å². The van der Waals surface area contributed by atoms with Crippen molar-refractivity contribution in [3.63, 3.8) is 0 Å². The number of nitrogens with zero attached hydrogens (tertiary/aromatic N) is 4. The van der Waals surface area contributed by atoms with E-state index in [0.29, 0.717) is 11.2 Å². The smallest absolute Gasteiger partial charge is 0.255 e. The minimum atomic E-state index is -2.10. The molecule has 0 saturated carbocycles. The molecule has 35 heavy (non-hydrogen) atoms. The Kier molecular flexibility index (Phi) is 6.43.